The summed E-state index contributed by atoms with van der Waals surface area (Å²) in [5, 5.41) is 12.5. The van der Waals surface area contributed by atoms with Gasteiger partial charge in [-0.2, -0.15) is 5.26 Å². The molecule has 10 heteroatoms. The predicted molar refractivity (Wildman–Crippen MR) is 103 cm³/mol. The number of amides is 1. The normalized spacial score (nSPS) is 39.0. The quantitative estimate of drug-likeness (QED) is 0.621. The van der Waals surface area contributed by atoms with Crippen LogP contribution in [-0.4, -0.2) is 72.6 Å². The highest BCUT2D eigenvalue weighted by Gasteiger charge is 2.52. The average molecular weight is 437 g/mol. The molecule has 0 aromatic heterocycles. The van der Waals surface area contributed by atoms with Crippen LogP contribution >= 0.6 is 0 Å². The van der Waals surface area contributed by atoms with Crippen molar-refractivity contribution in [3.63, 3.8) is 0 Å². The van der Waals surface area contributed by atoms with Crippen molar-refractivity contribution in [2.75, 3.05) is 19.7 Å². The van der Waals surface area contributed by atoms with Gasteiger partial charge >= 0.3 is 12.1 Å². The van der Waals surface area contributed by atoms with E-state index in [1.54, 1.807) is 6.92 Å². The van der Waals surface area contributed by atoms with Gasteiger partial charge in [-0.05, 0) is 44.9 Å². The summed E-state index contributed by atoms with van der Waals surface area (Å²) < 4.78 is 29.1. The zero-order valence-corrected chi connectivity index (χ0v) is 17.5. The van der Waals surface area contributed by atoms with Crippen LogP contribution in [0.3, 0.4) is 0 Å². The fraction of sp³-hybridized carbons (Fsp3) is 0.810. The van der Waals surface area contributed by atoms with E-state index in [1.165, 1.54) is 4.90 Å². The van der Waals surface area contributed by atoms with Crippen LogP contribution in [0.5, 0.6) is 0 Å². The number of halogens is 1. The Morgan fingerprint density at radius 1 is 1.32 bits per heavy atom. The van der Waals surface area contributed by atoms with Crippen LogP contribution in [0.15, 0.2) is 0 Å². The number of cyclic esters (lactones) is 2. The van der Waals surface area contributed by atoms with E-state index in [0.717, 1.165) is 25.7 Å². The van der Waals surface area contributed by atoms with Crippen LogP contribution < -0.4 is 5.32 Å². The molecule has 0 radical (unpaired) electrons. The number of hydrogen-bond acceptors (Lipinski definition) is 8. The molecule has 9 nitrogen and oxygen atoms in total. The second kappa shape index (κ2) is 8.61. The monoisotopic (exact) mass is 437 g/mol. The SMILES string of the molecule is CC1OC(=O)OC1COC(=O)C1CC2CCC1(NCC(=O)N1C[C@@H](F)C[C@H]1C#N)CC2. The first-order chi connectivity index (χ1) is 14.8. The van der Waals surface area contributed by atoms with Gasteiger partial charge in [-0.25, -0.2) is 9.18 Å². The smallest absolute Gasteiger partial charge is 0.461 e. The molecule has 3 saturated carbocycles. The Kier molecular flexibility index (Phi) is 6.06. The van der Waals surface area contributed by atoms with Gasteiger partial charge in [-0.15, -0.1) is 0 Å². The summed E-state index contributed by atoms with van der Waals surface area (Å²) in [5.74, 6) is -0.679. The van der Waals surface area contributed by atoms with Gasteiger partial charge in [-0.3, -0.25) is 9.59 Å². The lowest BCUT2D eigenvalue weighted by Gasteiger charge is -2.51. The first-order valence-electron chi connectivity index (χ1n) is 10.9. The van der Waals surface area contributed by atoms with E-state index in [-0.39, 0.29) is 38.0 Å². The Hall–Kier alpha value is -2.41. The molecule has 2 bridgehead atoms. The number of rotatable bonds is 6. The zero-order valence-electron chi connectivity index (χ0n) is 17.5. The van der Waals surface area contributed by atoms with Crippen LogP contribution in [-0.2, 0) is 23.8 Å². The maximum Gasteiger partial charge on any atom is 0.509 e. The van der Waals surface area contributed by atoms with Crippen molar-refractivity contribution in [1.82, 2.24) is 10.2 Å². The third kappa shape index (κ3) is 4.33. The summed E-state index contributed by atoms with van der Waals surface area (Å²) in [6.45, 7) is 1.48. The number of likely N-dealkylation sites (tertiary alicyclic amines) is 1. The lowest BCUT2D eigenvalue weighted by atomic mass is 9.59. The molecule has 2 saturated heterocycles. The van der Waals surface area contributed by atoms with Crippen molar-refractivity contribution >= 4 is 18.0 Å². The number of alkyl halides is 1. The molecule has 1 amide bonds. The van der Waals surface area contributed by atoms with Crippen LogP contribution in [0, 0.1) is 23.2 Å². The number of nitrogens with one attached hydrogen (secondary N) is 1. The fourth-order valence-electron chi connectivity index (χ4n) is 5.40. The summed E-state index contributed by atoms with van der Waals surface area (Å²) in [7, 11) is 0. The van der Waals surface area contributed by atoms with Gasteiger partial charge in [0.05, 0.1) is 25.1 Å². The first-order valence-corrected chi connectivity index (χ1v) is 10.9. The number of carbonyl (C=O) groups excluding carboxylic acids is 3. The van der Waals surface area contributed by atoms with Crippen molar-refractivity contribution in [3.8, 4) is 6.07 Å². The molecule has 5 fully saturated rings. The minimum Gasteiger partial charge on any atom is -0.461 e. The summed E-state index contributed by atoms with van der Waals surface area (Å²) >= 11 is 0. The lowest BCUT2D eigenvalue weighted by molar-refractivity contribution is -0.160. The van der Waals surface area contributed by atoms with Crippen molar-refractivity contribution in [1.29, 1.82) is 5.26 Å². The molecule has 5 aliphatic rings. The maximum atomic E-state index is 13.7. The number of carbonyl (C=O) groups is 3. The highest BCUT2D eigenvalue weighted by molar-refractivity contribution is 5.80. The Balaban J connectivity index is 1.37. The van der Waals surface area contributed by atoms with E-state index in [0.29, 0.717) is 12.3 Å². The van der Waals surface area contributed by atoms with Gasteiger partial charge in [0.2, 0.25) is 5.91 Å². The molecule has 0 aromatic rings. The standard InChI is InChI=1S/C21H28FN3O6/c1-12-17(31-20(28)30-12)11-29-19(27)16-6-13-2-4-21(16,5-3-13)24-9-18(26)25-10-14(22)7-15(25)8-23/h12-17,24H,2-7,9-11H2,1H3/t12?,13?,14-,15-,16?,17?,21?/m0/s1. The number of nitriles is 1. The van der Waals surface area contributed by atoms with Gasteiger partial charge in [0, 0.05) is 12.0 Å². The van der Waals surface area contributed by atoms with Gasteiger partial charge in [0.1, 0.15) is 24.9 Å². The summed E-state index contributed by atoms with van der Waals surface area (Å²) in [5.41, 5.74) is -0.563. The molecule has 1 N–H and O–H groups in total. The van der Waals surface area contributed by atoms with Crippen molar-refractivity contribution in [2.45, 2.75) is 75.4 Å². The van der Waals surface area contributed by atoms with Crippen molar-refractivity contribution in [3.05, 3.63) is 0 Å². The van der Waals surface area contributed by atoms with E-state index >= 15 is 0 Å². The maximum absolute atomic E-state index is 13.7. The zero-order chi connectivity index (χ0) is 22.2. The molecule has 5 rings (SSSR count). The minimum absolute atomic E-state index is 0.0396. The molecule has 5 atom stereocenters. The number of fused-ring (bicyclic) bond motifs is 3. The molecular formula is C21H28FN3O6. The fourth-order valence-corrected chi connectivity index (χ4v) is 5.40. The lowest BCUT2D eigenvalue weighted by Crippen LogP contribution is -2.62. The number of esters is 1. The van der Waals surface area contributed by atoms with Crippen LogP contribution in [0.25, 0.3) is 0 Å². The van der Waals surface area contributed by atoms with Gasteiger partial charge < -0.3 is 24.4 Å². The second-order valence-electron chi connectivity index (χ2n) is 9.12. The highest BCUT2D eigenvalue weighted by Crippen LogP contribution is 2.48. The van der Waals surface area contributed by atoms with Gasteiger partial charge in [0.25, 0.3) is 0 Å². The Labute approximate surface area is 180 Å². The highest BCUT2D eigenvalue weighted by atomic mass is 19.1. The number of hydrogen-bond donors (Lipinski definition) is 1. The van der Waals surface area contributed by atoms with Gasteiger partial charge in [-0.1, -0.05) is 0 Å². The molecule has 3 unspecified atom stereocenters. The van der Waals surface area contributed by atoms with Crippen molar-refractivity contribution in [2.24, 2.45) is 11.8 Å². The molecule has 170 valence electrons. The molecule has 3 aliphatic carbocycles. The van der Waals surface area contributed by atoms with Crippen LogP contribution in [0.1, 0.15) is 45.4 Å². The van der Waals surface area contributed by atoms with Crippen LogP contribution in [0.4, 0.5) is 9.18 Å². The van der Waals surface area contributed by atoms with E-state index in [2.05, 4.69) is 5.32 Å². The first kappa shape index (κ1) is 21.8. The average Bonchev–Trinajstić information content (AvgIpc) is 3.31. The Morgan fingerprint density at radius 2 is 2.06 bits per heavy atom. The van der Waals surface area contributed by atoms with E-state index < -0.39 is 42.0 Å². The summed E-state index contributed by atoms with van der Waals surface area (Å²) in [4.78, 5) is 38.1. The van der Waals surface area contributed by atoms with E-state index in [4.69, 9.17) is 14.2 Å². The van der Waals surface area contributed by atoms with Crippen LogP contribution in [0.2, 0.25) is 0 Å². The predicted octanol–water partition coefficient (Wildman–Crippen LogP) is 1.45. The molecule has 0 aromatic carbocycles. The molecule has 2 aliphatic heterocycles. The Morgan fingerprint density at radius 3 is 2.71 bits per heavy atom. The molecule has 0 spiro atoms. The third-order valence-electron chi connectivity index (χ3n) is 7.27. The molecule has 31 heavy (non-hydrogen) atoms. The Bertz CT molecular complexity index is 778. The largest absolute Gasteiger partial charge is 0.509 e. The molecular weight excluding hydrogens is 409 g/mol. The second-order valence-corrected chi connectivity index (χ2v) is 9.12. The van der Waals surface area contributed by atoms with E-state index in [1.807, 2.05) is 6.07 Å². The molecule has 2 heterocycles. The van der Waals surface area contributed by atoms with Gasteiger partial charge in [0.15, 0.2) is 6.10 Å². The minimum atomic E-state index is -1.18. The summed E-state index contributed by atoms with van der Waals surface area (Å²) in [6.07, 6.45) is 1.07. The summed E-state index contributed by atoms with van der Waals surface area (Å²) in [6, 6.07) is 1.24. The van der Waals surface area contributed by atoms with E-state index in [9.17, 15) is 24.0 Å². The number of nitrogens with zero attached hydrogens (tertiary/aromatic N) is 2. The number of ether oxygens (including phenoxy) is 3. The topological polar surface area (TPSA) is 118 Å². The van der Waals surface area contributed by atoms with Crippen molar-refractivity contribution < 1.29 is 33.0 Å². The third-order valence-corrected chi connectivity index (χ3v) is 7.27.